The number of hydrogen-bond acceptors (Lipinski definition) is 3. The largest absolute Gasteiger partial charge is 0.303 e. The topological polar surface area (TPSA) is 69.7 Å². The molecule has 0 unspecified atom stereocenters. The van der Waals surface area contributed by atoms with Crippen LogP contribution in [0, 0.1) is 0 Å². The molecule has 164 valence electrons. The Balaban J connectivity index is 1.45. The fourth-order valence-electron chi connectivity index (χ4n) is 4.68. The van der Waals surface area contributed by atoms with Gasteiger partial charge in [-0.1, -0.05) is 78.9 Å². The molecule has 3 amide bonds. The molecule has 0 aliphatic carbocycles. The maximum absolute atomic E-state index is 13.7. The standard InChI is InChI=1S/C28H19N3O3/c32-26-25(28(34)31(29-26)20-12-2-1-3-13-20)24-22-15-6-7-16-23(22)30(27(24)33)17-19-11-8-10-18-9-4-5-14-21(18)19/h1-16H,17H2,(H,29,32)/b25-24-. The van der Waals surface area contributed by atoms with Gasteiger partial charge in [-0.15, -0.1) is 0 Å². The van der Waals surface area contributed by atoms with Gasteiger partial charge in [0.2, 0.25) is 0 Å². The minimum absolute atomic E-state index is 0.136. The van der Waals surface area contributed by atoms with E-state index in [1.54, 1.807) is 41.3 Å². The fourth-order valence-corrected chi connectivity index (χ4v) is 4.68. The number of nitrogens with zero attached hydrogens (tertiary/aromatic N) is 2. The fraction of sp³-hybridized carbons (Fsp3) is 0.0357. The van der Waals surface area contributed by atoms with Crippen molar-refractivity contribution in [3.8, 4) is 0 Å². The monoisotopic (exact) mass is 445 g/mol. The average Bonchev–Trinajstić information content (AvgIpc) is 3.31. The number of amides is 3. The van der Waals surface area contributed by atoms with Gasteiger partial charge in [0.1, 0.15) is 5.57 Å². The summed E-state index contributed by atoms with van der Waals surface area (Å²) in [5.41, 5.74) is 5.39. The highest BCUT2D eigenvalue weighted by atomic mass is 16.2. The molecule has 0 atom stereocenters. The summed E-state index contributed by atoms with van der Waals surface area (Å²) in [5, 5.41) is 3.33. The van der Waals surface area contributed by atoms with Crippen molar-refractivity contribution in [2.75, 3.05) is 9.91 Å². The summed E-state index contributed by atoms with van der Waals surface area (Å²) in [4.78, 5) is 41.6. The number of carbonyl (C=O) groups is 3. The number of hydrogen-bond donors (Lipinski definition) is 1. The van der Waals surface area contributed by atoms with Crippen molar-refractivity contribution in [1.29, 1.82) is 0 Å². The van der Waals surface area contributed by atoms with Crippen molar-refractivity contribution in [2.24, 2.45) is 0 Å². The molecule has 2 aliphatic heterocycles. The van der Waals surface area contributed by atoms with E-state index in [2.05, 4.69) is 5.43 Å². The predicted octanol–water partition coefficient (Wildman–Crippen LogP) is 4.22. The Morgan fingerprint density at radius 3 is 2.21 bits per heavy atom. The highest BCUT2D eigenvalue weighted by Gasteiger charge is 2.44. The van der Waals surface area contributed by atoms with Crippen molar-refractivity contribution >= 4 is 45.4 Å². The predicted molar refractivity (Wildman–Crippen MR) is 131 cm³/mol. The van der Waals surface area contributed by atoms with Crippen LogP contribution >= 0.6 is 0 Å². The van der Waals surface area contributed by atoms with Crippen molar-refractivity contribution < 1.29 is 14.4 Å². The quantitative estimate of drug-likeness (QED) is 0.379. The Kier molecular flexibility index (Phi) is 4.52. The van der Waals surface area contributed by atoms with Gasteiger partial charge in [-0.3, -0.25) is 19.8 Å². The minimum Gasteiger partial charge on any atom is -0.303 e. The number of nitrogens with one attached hydrogen (secondary N) is 1. The highest BCUT2D eigenvalue weighted by molar-refractivity contribution is 6.45. The van der Waals surface area contributed by atoms with Crippen LogP contribution in [0.2, 0.25) is 0 Å². The zero-order valence-electron chi connectivity index (χ0n) is 18.1. The SMILES string of the molecule is O=C1NN(c2ccccc2)C(=O)/C1=C1\C(=O)N(Cc2cccc3ccccc23)c2ccccc21. The molecule has 0 bridgehead atoms. The van der Waals surface area contributed by atoms with Crippen molar-refractivity contribution in [3.63, 3.8) is 0 Å². The van der Waals surface area contributed by atoms with Crippen molar-refractivity contribution in [3.05, 3.63) is 114 Å². The van der Waals surface area contributed by atoms with E-state index in [0.29, 0.717) is 23.5 Å². The number of rotatable bonds is 3. The highest BCUT2D eigenvalue weighted by Crippen LogP contribution is 2.41. The second-order valence-corrected chi connectivity index (χ2v) is 8.21. The molecule has 2 heterocycles. The molecule has 0 spiro atoms. The Morgan fingerprint density at radius 2 is 1.35 bits per heavy atom. The molecule has 0 saturated carbocycles. The van der Waals surface area contributed by atoms with Crippen LogP contribution in [-0.2, 0) is 20.9 Å². The van der Waals surface area contributed by atoms with Gasteiger partial charge >= 0.3 is 0 Å². The second kappa shape index (κ2) is 7.71. The van der Waals surface area contributed by atoms with Crippen LogP contribution in [0.1, 0.15) is 11.1 Å². The molecule has 6 rings (SSSR count). The van der Waals surface area contributed by atoms with Gasteiger partial charge in [0, 0.05) is 5.56 Å². The van der Waals surface area contributed by atoms with Gasteiger partial charge in [-0.25, -0.2) is 5.01 Å². The van der Waals surface area contributed by atoms with E-state index < -0.39 is 11.8 Å². The molecule has 0 aromatic heterocycles. The summed E-state index contributed by atoms with van der Waals surface area (Å²) in [6.45, 7) is 0.326. The van der Waals surface area contributed by atoms with Crippen molar-refractivity contribution in [2.45, 2.75) is 6.54 Å². The molecule has 2 aliphatic rings. The summed E-state index contributed by atoms with van der Waals surface area (Å²) < 4.78 is 0. The Hall–Kier alpha value is -4.71. The lowest BCUT2D eigenvalue weighted by Gasteiger charge is -2.18. The van der Waals surface area contributed by atoms with Gasteiger partial charge in [-0.2, -0.15) is 0 Å². The summed E-state index contributed by atoms with van der Waals surface area (Å²) in [6, 6.07) is 30.1. The van der Waals surface area contributed by atoms with Crippen LogP contribution in [0.25, 0.3) is 16.3 Å². The van der Waals surface area contributed by atoms with E-state index in [1.807, 2.05) is 60.7 Å². The summed E-state index contributed by atoms with van der Waals surface area (Å²) in [5.74, 6) is -1.48. The lowest BCUT2D eigenvalue weighted by molar-refractivity contribution is -0.118. The Labute approximate surface area is 195 Å². The maximum Gasteiger partial charge on any atom is 0.283 e. The first-order valence-electron chi connectivity index (χ1n) is 11.0. The van der Waals surface area contributed by atoms with Gasteiger partial charge in [-0.05, 0) is 34.5 Å². The second-order valence-electron chi connectivity index (χ2n) is 8.21. The molecule has 1 fully saturated rings. The molecule has 1 saturated heterocycles. The molecule has 6 nitrogen and oxygen atoms in total. The normalized spacial score (nSPS) is 17.5. The minimum atomic E-state index is -0.584. The zero-order chi connectivity index (χ0) is 23.2. The number of para-hydroxylation sites is 2. The van der Waals surface area contributed by atoms with Gasteiger partial charge in [0.25, 0.3) is 17.7 Å². The first-order chi connectivity index (χ1) is 16.6. The molecule has 6 heteroatoms. The van der Waals surface area contributed by atoms with Gasteiger partial charge < -0.3 is 4.90 Å². The molecule has 0 radical (unpaired) electrons. The Morgan fingerprint density at radius 1 is 0.647 bits per heavy atom. The molecule has 1 N–H and O–H groups in total. The van der Waals surface area contributed by atoms with E-state index in [0.717, 1.165) is 16.3 Å². The van der Waals surface area contributed by atoms with Crippen LogP contribution in [0.3, 0.4) is 0 Å². The number of carbonyl (C=O) groups excluding carboxylic acids is 3. The average molecular weight is 445 g/mol. The number of fused-ring (bicyclic) bond motifs is 2. The Bertz CT molecular complexity index is 1520. The maximum atomic E-state index is 13.7. The van der Waals surface area contributed by atoms with E-state index in [4.69, 9.17) is 0 Å². The van der Waals surface area contributed by atoms with Gasteiger partial charge in [0.05, 0.1) is 23.5 Å². The number of hydrazine groups is 1. The first-order valence-corrected chi connectivity index (χ1v) is 11.0. The molecular formula is C28H19N3O3. The third-order valence-electron chi connectivity index (χ3n) is 6.25. The van der Waals surface area contributed by atoms with Gasteiger partial charge in [0.15, 0.2) is 0 Å². The lowest BCUT2D eigenvalue weighted by atomic mass is 10.0. The number of anilines is 2. The molecule has 4 aromatic carbocycles. The van der Waals surface area contributed by atoms with Crippen LogP contribution in [0.15, 0.2) is 103 Å². The van der Waals surface area contributed by atoms with E-state index in [1.165, 1.54) is 5.01 Å². The van der Waals surface area contributed by atoms with E-state index >= 15 is 0 Å². The molecule has 34 heavy (non-hydrogen) atoms. The molecular weight excluding hydrogens is 426 g/mol. The number of benzene rings is 4. The summed E-state index contributed by atoms with van der Waals surface area (Å²) in [7, 11) is 0. The smallest absolute Gasteiger partial charge is 0.283 e. The van der Waals surface area contributed by atoms with Crippen LogP contribution in [0.4, 0.5) is 11.4 Å². The zero-order valence-corrected chi connectivity index (χ0v) is 18.1. The summed E-state index contributed by atoms with van der Waals surface area (Å²) >= 11 is 0. The lowest BCUT2D eigenvalue weighted by Crippen LogP contribution is -2.35. The van der Waals surface area contributed by atoms with Crippen LogP contribution < -0.4 is 15.3 Å². The third-order valence-corrected chi connectivity index (χ3v) is 6.25. The van der Waals surface area contributed by atoms with Crippen LogP contribution in [0.5, 0.6) is 0 Å². The van der Waals surface area contributed by atoms with Crippen LogP contribution in [-0.4, -0.2) is 17.7 Å². The van der Waals surface area contributed by atoms with E-state index in [-0.39, 0.29) is 17.1 Å². The van der Waals surface area contributed by atoms with E-state index in [9.17, 15) is 14.4 Å². The summed E-state index contributed by atoms with van der Waals surface area (Å²) in [6.07, 6.45) is 0. The molecule has 4 aromatic rings. The third kappa shape index (κ3) is 3.00. The first kappa shape index (κ1) is 19.9. The van der Waals surface area contributed by atoms with Crippen molar-refractivity contribution in [1.82, 2.24) is 5.43 Å².